The molecule has 0 aliphatic heterocycles. The van der Waals surface area contributed by atoms with Crippen molar-refractivity contribution in [1.82, 2.24) is 9.97 Å². The Kier molecular flexibility index (Phi) is 3.45. The Morgan fingerprint density at radius 3 is 2.65 bits per heavy atom. The van der Waals surface area contributed by atoms with Crippen LogP contribution in [-0.4, -0.2) is 9.97 Å². The molecule has 0 atom stereocenters. The van der Waals surface area contributed by atoms with Gasteiger partial charge in [0.15, 0.2) is 0 Å². The van der Waals surface area contributed by atoms with Crippen molar-refractivity contribution in [2.24, 2.45) is 0 Å². The molecule has 0 aliphatic carbocycles. The Hall–Kier alpha value is -1.00. The molecule has 0 saturated heterocycles. The molecule has 5 heteroatoms. The first kappa shape index (κ1) is 12.5. The molecule has 0 N–H and O–H groups in total. The summed E-state index contributed by atoms with van der Waals surface area (Å²) in [5.74, 6) is 0.180. The molecule has 0 saturated carbocycles. The molecule has 1 heterocycles. The third-order valence-electron chi connectivity index (χ3n) is 2.40. The van der Waals surface area contributed by atoms with E-state index < -0.39 is 0 Å². The van der Waals surface area contributed by atoms with Gasteiger partial charge in [-0.3, -0.25) is 0 Å². The van der Waals surface area contributed by atoms with Gasteiger partial charge in [0.05, 0.1) is 10.2 Å². The summed E-state index contributed by atoms with van der Waals surface area (Å²) in [5.41, 5.74) is 1.62. The normalized spacial score (nSPS) is 10.6. The summed E-state index contributed by atoms with van der Waals surface area (Å²) < 4.78 is 14.4. The van der Waals surface area contributed by atoms with Gasteiger partial charge in [0.1, 0.15) is 16.8 Å². The van der Waals surface area contributed by atoms with Gasteiger partial charge in [0.25, 0.3) is 0 Å². The van der Waals surface area contributed by atoms with Gasteiger partial charge in [-0.1, -0.05) is 17.7 Å². The third-order valence-corrected chi connectivity index (χ3v) is 3.39. The van der Waals surface area contributed by atoms with Crippen LogP contribution >= 0.6 is 27.5 Å². The van der Waals surface area contributed by atoms with Gasteiger partial charge >= 0.3 is 0 Å². The molecule has 2 nitrogen and oxygen atoms in total. The Morgan fingerprint density at radius 2 is 1.94 bits per heavy atom. The number of hydrogen-bond acceptors (Lipinski definition) is 2. The molecule has 0 unspecified atom stereocenters. The van der Waals surface area contributed by atoms with Crippen molar-refractivity contribution in [2.45, 2.75) is 13.8 Å². The van der Waals surface area contributed by atoms with Crippen LogP contribution in [0, 0.1) is 19.7 Å². The lowest BCUT2D eigenvalue weighted by atomic mass is 10.1. The van der Waals surface area contributed by atoms with E-state index in [1.165, 1.54) is 0 Å². The predicted octanol–water partition coefficient (Wildman–Crippen LogP) is 4.32. The molecule has 0 spiro atoms. The molecular formula is C12H9BrClFN2. The first-order chi connectivity index (χ1) is 8.00. The highest BCUT2D eigenvalue weighted by molar-refractivity contribution is 9.10. The average molecular weight is 316 g/mol. The maximum absolute atomic E-state index is 14.0. The molecule has 1 aromatic heterocycles. The van der Waals surface area contributed by atoms with E-state index in [-0.39, 0.29) is 5.82 Å². The van der Waals surface area contributed by atoms with Crippen molar-refractivity contribution in [3.05, 3.63) is 45.0 Å². The molecule has 0 bridgehead atoms. The minimum absolute atomic E-state index is 0.343. The van der Waals surface area contributed by atoms with E-state index in [0.29, 0.717) is 32.3 Å². The maximum atomic E-state index is 14.0. The van der Waals surface area contributed by atoms with Crippen molar-refractivity contribution in [3.8, 4) is 11.3 Å². The number of aryl methyl sites for hydroxylation is 1. The third kappa shape index (κ3) is 2.33. The monoisotopic (exact) mass is 314 g/mol. The van der Waals surface area contributed by atoms with Crippen LogP contribution in [0.4, 0.5) is 4.39 Å². The molecule has 0 fully saturated rings. The number of rotatable bonds is 1. The summed E-state index contributed by atoms with van der Waals surface area (Å²) in [7, 11) is 0. The Bertz CT molecular complexity index is 587. The van der Waals surface area contributed by atoms with E-state index in [9.17, 15) is 4.39 Å². The van der Waals surface area contributed by atoms with Crippen molar-refractivity contribution in [3.63, 3.8) is 0 Å². The molecule has 2 aromatic rings. The fourth-order valence-corrected chi connectivity index (χ4v) is 2.12. The lowest BCUT2D eigenvalue weighted by molar-refractivity contribution is 0.624. The van der Waals surface area contributed by atoms with Crippen molar-refractivity contribution in [2.75, 3.05) is 0 Å². The smallest absolute Gasteiger partial charge is 0.146 e. The average Bonchev–Trinajstić information content (AvgIpc) is 2.27. The molecular weight excluding hydrogens is 307 g/mol. The van der Waals surface area contributed by atoms with Gasteiger partial charge in [-0.15, -0.1) is 0 Å². The first-order valence-corrected chi connectivity index (χ1v) is 6.13. The Labute approximate surface area is 112 Å². The van der Waals surface area contributed by atoms with E-state index in [1.54, 1.807) is 32.0 Å². The lowest BCUT2D eigenvalue weighted by Gasteiger charge is -2.09. The van der Waals surface area contributed by atoms with Crippen molar-refractivity contribution in [1.29, 1.82) is 0 Å². The SMILES string of the molecule is Cc1nc(Cl)c(C)c(-c2cccc(Br)c2F)n1. The highest BCUT2D eigenvalue weighted by Gasteiger charge is 2.14. The highest BCUT2D eigenvalue weighted by Crippen LogP contribution is 2.30. The minimum Gasteiger partial charge on any atom is -0.233 e. The molecule has 2 rings (SSSR count). The Balaban J connectivity index is 2.73. The van der Waals surface area contributed by atoms with Gasteiger partial charge in [0.2, 0.25) is 0 Å². The van der Waals surface area contributed by atoms with E-state index in [1.807, 2.05) is 0 Å². The number of hydrogen-bond donors (Lipinski definition) is 0. The lowest BCUT2D eigenvalue weighted by Crippen LogP contribution is -1.98. The van der Waals surface area contributed by atoms with Crippen LogP contribution < -0.4 is 0 Å². The predicted molar refractivity (Wildman–Crippen MR) is 69.6 cm³/mol. The zero-order valence-electron chi connectivity index (χ0n) is 9.26. The van der Waals surface area contributed by atoms with E-state index in [2.05, 4.69) is 25.9 Å². The second-order valence-electron chi connectivity index (χ2n) is 3.64. The van der Waals surface area contributed by atoms with E-state index in [4.69, 9.17) is 11.6 Å². The summed E-state index contributed by atoms with van der Waals surface area (Å²) >= 11 is 9.13. The topological polar surface area (TPSA) is 25.8 Å². The number of benzene rings is 1. The summed E-state index contributed by atoms with van der Waals surface area (Å²) in [6, 6.07) is 5.07. The molecule has 0 radical (unpaired) electrons. The van der Waals surface area contributed by atoms with Gasteiger partial charge in [-0.2, -0.15) is 0 Å². The zero-order valence-corrected chi connectivity index (χ0v) is 11.6. The Morgan fingerprint density at radius 1 is 1.24 bits per heavy atom. The summed E-state index contributed by atoms with van der Waals surface area (Å²) in [4.78, 5) is 8.28. The summed E-state index contributed by atoms with van der Waals surface area (Å²) in [6.45, 7) is 3.50. The van der Waals surface area contributed by atoms with Crippen LogP contribution in [0.5, 0.6) is 0 Å². The van der Waals surface area contributed by atoms with Gasteiger partial charge in [-0.05, 0) is 41.9 Å². The van der Waals surface area contributed by atoms with Crippen molar-refractivity contribution >= 4 is 27.5 Å². The fourth-order valence-electron chi connectivity index (χ4n) is 1.54. The van der Waals surface area contributed by atoms with Crippen LogP contribution in [0.25, 0.3) is 11.3 Å². The second kappa shape index (κ2) is 4.70. The molecule has 17 heavy (non-hydrogen) atoms. The van der Waals surface area contributed by atoms with Crippen LogP contribution in [0.1, 0.15) is 11.4 Å². The van der Waals surface area contributed by atoms with Crippen LogP contribution in [0.15, 0.2) is 22.7 Å². The zero-order chi connectivity index (χ0) is 12.6. The van der Waals surface area contributed by atoms with Crippen LogP contribution in [0.2, 0.25) is 5.15 Å². The largest absolute Gasteiger partial charge is 0.233 e. The van der Waals surface area contributed by atoms with Gasteiger partial charge in [0, 0.05) is 11.1 Å². The number of halogens is 3. The quantitative estimate of drug-likeness (QED) is 0.733. The molecule has 0 aliphatic rings. The van der Waals surface area contributed by atoms with Gasteiger partial charge in [-0.25, -0.2) is 14.4 Å². The number of nitrogens with zero attached hydrogens (tertiary/aromatic N) is 2. The van der Waals surface area contributed by atoms with E-state index >= 15 is 0 Å². The van der Waals surface area contributed by atoms with Crippen LogP contribution in [-0.2, 0) is 0 Å². The van der Waals surface area contributed by atoms with Crippen LogP contribution in [0.3, 0.4) is 0 Å². The summed E-state index contributed by atoms with van der Waals surface area (Å²) in [5, 5.41) is 0.354. The molecule has 0 amide bonds. The van der Waals surface area contributed by atoms with E-state index in [0.717, 1.165) is 0 Å². The molecule has 88 valence electrons. The summed E-state index contributed by atoms with van der Waals surface area (Å²) in [6.07, 6.45) is 0. The number of aromatic nitrogens is 2. The van der Waals surface area contributed by atoms with Crippen molar-refractivity contribution < 1.29 is 4.39 Å². The fraction of sp³-hybridized carbons (Fsp3) is 0.167. The minimum atomic E-state index is -0.343. The second-order valence-corrected chi connectivity index (χ2v) is 4.85. The standard InChI is InChI=1S/C12H9BrClFN2/c1-6-11(16-7(2)17-12(6)14)8-4-3-5-9(13)10(8)15/h3-5H,1-2H3. The maximum Gasteiger partial charge on any atom is 0.146 e. The highest BCUT2D eigenvalue weighted by atomic mass is 79.9. The molecule has 1 aromatic carbocycles. The van der Waals surface area contributed by atoms with Gasteiger partial charge < -0.3 is 0 Å². The first-order valence-electron chi connectivity index (χ1n) is 4.96.